The molecule has 0 amide bonds. The minimum Gasteiger partial charge on any atom is -0.491 e. The number of benzene rings is 1. The summed E-state index contributed by atoms with van der Waals surface area (Å²) in [4.78, 5) is 0. The van der Waals surface area contributed by atoms with Crippen molar-refractivity contribution in [3.05, 3.63) is 29.3 Å². The number of rotatable bonds is 7. The predicted octanol–water partition coefficient (Wildman–Crippen LogP) is 1.28. The molecule has 4 nitrogen and oxygen atoms in total. The van der Waals surface area contributed by atoms with Crippen LogP contribution >= 0.6 is 0 Å². The van der Waals surface area contributed by atoms with Crippen molar-refractivity contribution in [2.75, 3.05) is 19.8 Å². The van der Waals surface area contributed by atoms with Crippen molar-refractivity contribution >= 4 is 0 Å². The predicted molar refractivity (Wildman–Crippen MR) is 79.1 cm³/mol. The summed E-state index contributed by atoms with van der Waals surface area (Å²) in [6.07, 6.45) is 2.93. The Morgan fingerprint density at radius 3 is 2.80 bits per heavy atom. The van der Waals surface area contributed by atoms with Gasteiger partial charge >= 0.3 is 0 Å². The Morgan fingerprint density at radius 2 is 2.05 bits per heavy atom. The lowest BCUT2D eigenvalue weighted by atomic mass is 10.1. The van der Waals surface area contributed by atoms with Crippen molar-refractivity contribution in [2.45, 2.75) is 44.8 Å². The summed E-state index contributed by atoms with van der Waals surface area (Å²) in [7, 11) is 0. The van der Waals surface area contributed by atoms with Gasteiger partial charge in [-0.2, -0.15) is 0 Å². The number of aliphatic hydroxyl groups is 2. The molecule has 0 bridgehead atoms. The van der Waals surface area contributed by atoms with E-state index in [4.69, 9.17) is 9.84 Å². The first-order valence-electron chi connectivity index (χ1n) is 7.29. The Labute approximate surface area is 120 Å². The number of ether oxygens (including phenoxy) is 1. The van der Waals surface area contributed by atoms with Crippen molar-refractivity contribution < 1.29 is 14.9 Å². The van der Waals surface area contributed by atoms with E-state index in [2.05, 4.69) is 17.4 Å². The fourth-order valence-electron chi connectivity index (χ4n) is 2.34. The third kappa shape index (κ3) is 4.20. The van der Waals surface area contributed by atoms with Crippen LogP contribution in [0.25, 0.3) is 0 Å². The smallest absolute Gasteiger partial charge is 0.119 e. The molecule has 0 heterocycles. The monoisotopic (exact) mass is 279 g/mol. The summed E-state index contributed by atoms with van der Waals surface area (Å²) in [6, 6.07) is 6.18. The van der Waals surface area contributed by atoms with Gasteiger partial charge in [-0.3, -0.25) is 0 Å². The first kappa shape index (κ1) is 15.3. The van der Waals surface area contributed by atoms with Crippen molar-refractivity contribution in [1.29, 1.82) is 0 Å². The van der Waals surface area contributed by atoms with Crippen LogP contribution in [0.15, 0.2) is 18.2 Å². The third-order valence-corrected chi connectivity index (χ3v) is 3.72. The van der Waals surface area contributed by atoms with Gasteiger partial charge in [0.1, 0.15) is 18.5 Å². The second kappa shape index (κ2) is 6.57. The normalized spacial score (nSPS) is 16.0. The summed E-state index contributed by atoms with van der Waals surface area (Å²) >= 11 is 0. The van der Waals surface area contributed by atoms with Crippen LogP contribution in [0.3, 0.4) is 0 Å². The minimum atomic E-state index is -0.589. The number of hydrogen-bond donors (Lipinski definition) is 3. The number of nitrogens with one attached hydrogen (secondary N) is 1. The highest BCUT2D eigenvalue weighted by Crippen LogP contribution is 2.26. The maximum atomic E-state index is 9.89. The highest BCUT2D eigenvalue weighted by molar-refractivity contribution is 5.38. The van der Waals surface area contributed by atoms with Crippen LogP contribution < -0.4 is 10.1 Å². The molecule has 0 unspecified atom stereocenters. The summed E-state index contributed by atoms with van der Waals surface area (Å²) in [5, 5.41) is 22.1. The van der Waals surface area contributed by atoms with E-state index < -0.39 is 6.10 Å². The molecule has 0 aliphatic heterocycles. The van der Waals surface area contributed by atoms with E-state index in [0.717, 1.165) is 12.2 Å². The third-order valence-electron chi connectivity index (χ3n) is 3.72. The molecule has 3 N–H and O–H groups in total. The van der Waals surface area contributed by atoms with Crippen LogP contribution in [0.4, 0.5) is 0 Å². The fourth-order valence-corrected chi connectivity index (χ4v) is 2.34. The van der Waals surface area contributed by atoms with Crippen LogP contribution in [0.2, 0.25) is 0 Å². The highest BCUT2D eigenvalue weighted by Gasteiger charge is 2.17. The van der Waals surface area contributed by atoms with Gasteiger partial charge in [-0.15, -0.1) is 0 Å². The molecule has 0 spiro atoms. The van der Waals surface area contributed by atoms with Crippen LogP contribution in [-0.2, 0) is 12.8 Å². The van der Waals surface area contributed by atoms with Gasteiger partial charge in [0.25, 0.3) is 0 Å². The van der Waals surface area contributed by atoms with E-state index in [9.17, 15) is 5.11 Å². The quantitative estimate of drug-likeness (QED) is 0.703. The van der Waals surface area contributed by atoms with Gasteiger partial charge in [0.2, 0.25) is 0 Å². The summed E-state index contributed by atoms with van der Waals surface area (Å²) in [5.74, 6) is 0.825. The van der Waals surface area contributed by atoms with Gasteiger partial charge < -0.3 is 20.3 Å². The number of hydrogen-bond acceptors (Lipinski definition) is 4. The number of fused-ring (bicyclic) bond motifs is 1. The molecule has 1 atom stereocenters. The van der Waals surface area contributed by atoms with E-state index in [1.165, 1.54) is 24.0 Å². The molecule has 0 radical (unpaired) electrons. The minimum absolute atomic E-state index is 0.0331. The first-order valence-corrected chi connectivity index (χ1v) is 7.29. The van der Waals surface area contributed by atoms with E-state index in [1.807, 2.05) is 19.9 Å². The SMILES string of the molecule is CC(C)(CO)NC[C@H](O)COc1ccc2c(c1)CCC2. The van der Waals surface area contributed by atoms with Gasteiger partial charge in [0.15, 0.2) is 0 Å². The van der Waals surface area contributed by atoms with E-state index in [1.54, 1.807) is 0 Å². The Bertz CT molecular complexity index is 445. The zero-order valence-corrected chi connectivity index (χ0v) is 12.4. The van der Waals surface area contributed by atoms with Crippen LogP contribution in [0.5, 0.6) is 5.75 Å². The molecule has 0 saturated carbocycles. The van der Waals surface area contributed by atoms with Crippen molar-refractivity contribution in [2.24, 2.45) is 0 Å². The maximum absolute atomic E-state index is 9.89. The highest BCUT2D eigenvalue weighted by atomic mass is 16.5. The second-order valence-electron chi connectivity index (χ2n) is 6.17. The van der Waals surface area contributed by atoms with Gasteiger partial charge in [-0.1, -0.05) is 6.07 Å². The molecule has 2 rings (SSSR count). The molecule has 0 fully saturated rings. The standard InChI is InChI=1S/C16H25NO3/c1-16(2,11-18)17-9-14(19)10-20-15-7-6-12-4-3-5-13(12)8-15/h6-8,14,17-19H,3-5,9-11H2,1-2H3/t14-/m0/s1. The molecule has 1 aromatic carbocycles. The largest absolute Gasteiger partial charge is 0.491 e. The molecule has 1 aliphatic carbocycles. The summed E-state index contributed by atoms with van der Waals surface area (Å²) in [5.41, 5.74) is 2.41. The molecular formula is C16H25NO3. The molecule has 20 heavy (non-hydrogen) atoms. The lowest BCUT2D eigenvalue weighted by Gasteiger charge is -2.25. The van der Waals surface area contributed by atoms with Gasteiger partial charge in [0.05, 0.1) is 6.61 Å². The number of aryl methyl sites for hydroxylation is 2. The first-order chi connectivity index (χ1) is 9.50. The lowest BCUT2D eigenvalue weighted by molar-refractivity contribution is 0.0906. The number of β-amino-alcohol motifs (C(OH)–C–C–N with tert-alkyl or cyclic N) is 1. The molecule has 112 valence electrons. The van der Waals surface area contributed by atoms with Gasteiger partial charge in [-0.05, 0) is 56.4 Å². The van der Waals surface area contributed by atoms with Crippen molar-refractivity contribution in [3.8, 4) is 5.75 Å². The van der Waals surface area contributed by atoms with E-state index >= 15 is 0 Å². The number of aliphatic hydroxyl groups excluding tert-OH is 2. The zero-order chi connectivity index (χ0) is 14.6. The van der Waals surface area contributed by atoms with Crippen molar-refractivity contribution in [3.63, 3.8) is 0 Å². The topological polar surface area (TPSA) is 61.7 Å². The summed E-state index contributed by atoms with van der Waals surface area (Å²) in [6.45, 7) is 4.47. The Morgan fingerprint density at radius 1 is 1.30 bits per heavy atom. The zero-order valence-electron chi connectivity index (χ0n) is 12.4. The van der Waals surface area contributed by atoms with Gasteiger partial charge in [0, 0.05) is 12.1 Å². The van der Waals surface area contributed by atoms with E-state index in [-0.39, 0.29) is 18.8 Å². The summed E-state index contributed by atoms with van der Waals surface area (Å²) < 4.78 is 5.64. The Kier molecular flexibility index (Phi) is 5.02. The Balaban J connectivity index is 1.77. The molecule has 0 saturated heterocycles. The Hall–Kier alpha value is -1.10. The fraction of sp³-hybridized carbons (Fsp3) is 0.625. The lowest BCUT2D eigenvalue weighted by Crippen LogP contribution is -2.47. The average Bonchev–Trinajstić information content (AvgIpc) is 2.90. The molecular weight excluding hydrogens is 254 g/mol. The van der Waals surface area contributed by atoms with Crippen LogP contribution in [0, 0.1) is 0 Å². The van der Waals surface area contributed by atoms with Crippen LogP contribution in [0.1, 0.15) is 31.4 Å². The van der Waals surface area contributed by atoms with E-state index in [0.29, 0.717) is 6.54 Å². The second-order valence-corrected chi connectivity index (χ2v) is 6.17. The molecule has 0 aromatic heterocycles. The van der Waals surface area contributed by atoms with Crippen LogP contribution in [-0.4, -0.2) is 41.6 Å². The maximum Gasteiger partial charge on any atom is 0.119 e. The average molecular weight is 279 g/mol. The molecule has 1 aromatic rings. The van der Waals surface area contributed by atoms with Gasteiger partial charge in [-0.25, -0.2) is 0 Å². The molecule has 1 aliphatic rings. The molecule has 4 heteroatoms. The van der Waals surface area contributed by atoms with Crippen molar-refractivity contribution in [1.82, 2.24) is 5.32 Å².